The second-order valence-electron chi connectivity index (χ2n) is 6.55. The van der Waals surface area contributed by atoms with Gasteiger partial charge in [0.05, 0.1) is 6.54 Å². The van der Waals surface area contributed by atoms with Crippen LogP contribution in [0, 0.1) is 11.7 Å². The van der Waals surface area contributed by atoms with E-state index in [9.17, 15) is 22.8 Å². The molecule has 5 nitrogen and oxygen atoms in total. The van der Waals surface area contributed by atoms with Gasteiger partial charge in [0, 0.05) is 23.2 Å². The highest BCUT2D eigenvalue weighted by molar-refractivity contribution is 5.84. The van der Waals surface area contributed by atoms with Gasteiger partial charge in [-0.05, 0) is 37.3 Å². The van der Waals surface area contributed by atoms with Crippen LogP contribution in [0.25, 0.3) is 0 Å². The van der Waals surface area contributed by atoms with Crippen LogP contribution in [0.3, 0.4) is 0 Å². The smallest absolute Gasteiger partial charge is 0.312 e. The minimum absolute atomic E-state index is 0.0463. The molecule has 2 bridgehead atoms. The number of nitrogens with one attached hydrogen (secondary N) is 1. The largest absolute Gasteiger partial charge is 0.352 e. The maximum atomic E-state index is 14.0. The third-order valence-corrected chi connectivity index (χ3v) is 4.94. The van der Waals surface area contributed by atoms with E-state index in [1.807, 2.05) is 0 Å². The monoisotopic (exact) mass is 341 g/mol. The van der Waals surface area contributed by atoms with Crippen molar-refractivity contribution in [3.05, 3.63) is 35.1 Å². The summed E-state index contributed by atoms with van der Waals surface area (Å²) in [6.45, 7) is -0.393. The van der Waals surface area contributed by atoms with Gasteiger partial charge >= 0.3 is 6.03 Å². The molecule has 0 aliphatic heterocycles. The Morgan fingerprint density at radius 2 is 2.00 bits per heavy atom. The molecule has 0 spiro atoms. The van der Waals surface area contributed by atoms with Gasteiger partial charge in [0.2, 0.25) is 5.91 Å². The quantitative estimate of drug-likeness (QED) is 0.833. The van der Waals surface area contributed by atoms with Crippen LogP contribution < -0.4 is 11.1 Å². The summed E-state index contributed by atoms with van der Waals surface area (Å²) in [5, 5.41) is 2.23. The number of hydrogen-bond donors (Lipinski definition) is 2. The molecule has 0 atom stereocenters. The number of nitrogens with two attached hydrogens (primary N) is 1. The first-order chi connectivity index (χ1) is 11.3. The molecule has 0 radical (unpaired) electrons. The Hall–Kier alpha value is -2.25. The molecule has 8 heteroatoms. The minimum atomic E-state index is -2.71. The van der Waals surface area contributed by atoms with E-state index < -0.39 is 24.2 Å². The van der Waals surface area contributed by atoms with Crippen LogP contribution in [0.2, 0.25) is 0 Å². The van der Waals surface area contributed by atoms with E-state index in [-0.39, 0.29) is 29.8 Å². The fourth-order valence-corrected chi connectivity index (χ4v) is 3.56. The number of carbonyl (C=O) groups excluding carboxylic acids is 2. The van der Waals surface area contributed by atoms with Gasteiger partial charge in [0.15, 0.2) is 0 Å². The molecule has 1 aromatic rings. The predicted octanol–water partition coefficient (Wildman–Crippen LogP) is 2.31. The third-order valence-electron chi connectivity index (χ3n) is 4.94. The van der Waals surface area contributed by atoms with E-state index in [0.717, 1.165) is 37.5 Å². The number of amides is 3. The molecular weight excluding hydrogens is 323 g/mol. The summed E-state index contributed by atoms with van der Waals surface area (Å²) >= 11 is 0. The molecule has 3 fully saturated rings. The van der Waals surface area contributed by atoms with Crippen molar-refractivity contribution in [2.24, 2.45) is 11.7 Å². The Labute approximate surface area is 137 Å². The van der Waals surface area contributed by atoms with Crippen molar-refractivity contribution in [2.45, 2.75) is 37.8 Å². The predicted molar refractivity (Wildman–Crippen MR) is 79.6 cm³/mol. The average Bonchev–Trinajstić information content (AvgIpc) is 2.42. The van der Waals surface area contributed by atoms with E-state index >= 15 is 0 Å². The van der Waals surface area contributed by atoms with Gasteiger partial charge in [-0.3, -0.25) is 4.79 Å². The van der Waals surface area contributed by atoms with Crippen LogP contribution in [0.4, 0.5) is 18.0 Å². The summed E-state index contributed by atoms with van der Waals surface area (Å²) in [5.74, 6) is -0.456. The van der Waals surface area contributed by atoms with Crippen LogP contribution in [0.5, 0.6) is 0 Å². The van der Waals surface area contributed by atoms with Crippen molar-refractivity contribution in [1.29, 1.82) is 0 Å². The van der Waals surface area contributed by atoms with E-state index in [0.29, 0.717) is 5.92 Å². The van der Waals surface area contributed by atoms with Crippen molar-refractivity contribution in [1.82, 2.24) is 10.2 Å². The number of rotatable bonds is 6. The topological polar surface area (TPSA) is 75.4 Å². The second kappa shape index (κ2) is 5.99. The second-order valence-corrected chi connectivity index (χ2v) is 6.55. The molecule has 3 N–H and O–H groups in total. The van der Waals surface area contributed by atoms with Gasteiger partial charge < -0.3 is 16.0 Å². The number of primary amides is 1. The zero-order valence-electron chi connectivity index (χ0n) is 12.9. The van der Waals surface area contributed by atoms with E-state index in [1.165, 1.54) is 4.90 Å². The van der Waals surface area contributed by atoms with Crippen molar-refractivity contribution in [3.63, 3.8) is 0 Å². The van der Waals surface area contributed by atoms with Gasteiger partial charge in [-0.1, -0.05) is 6.07 Å². The molecule has 3 aliphatic carbocycles. The van der Waals surface area contributed by atoms with Crippen molar-refractivity contribution >= 4 is 11.9 Å². The molecule has 4 rings (SSSR count). The van der Waals surface area contributed by atoms with Crippen LogP contribution in [0.15, 0.2) is 18.2 Å². The molecule has 3 saturated carbocycles. The minimum Gasteiger partial charge on any atom is -0.352 e. The lowest BCUT2D eigenvalue weighted by Gasteiger charge is -2.66. The zero-order chi connectivity index (χ0) is 17.5. The summed E-state index contributed by atoms with van der Waals surface area (Å²) in [7, 11) is 0. The standard InChI is InChI=1S/C16H18F3N3O2/c17-12-2-1-10(14(18)19)3-11(12)8-22(13(23)7-21-15(20)24)16-4-9(5-16)6-16/h1-3,9,14H,4-8H2,(H3,20,21,24). The summed E-state index contributed by atoms with van der Waals surface area (Å²) < 4.78 is 39.7. The van der Waals surface area contributed by atoms with Gasteiger partial charge in [-0.15, -0.1) is 0 Å². The number of carbonyl (C=O) groups is 2. The van der Waals surface area contributed by atoms with E-state index in [4.69, 9.17) is 5.73 Å². The number of halogens is 3. The summed E-state index contributed by atoms with van der Waals surface area (Å²) in [5.41, 5.74) is 4.39. The molecule has 3 aliphatic rings. The van der Waals surface area contributed by atoms with Crippen LogP contribution in [-0.2, 0) is 11.3 Å². The SMILES string of the molecule is NC(=O)NCC(=O)N(Cc1cc(C(F)F)ccc1F)C12CC(C1)C2. The summed E-state index contributed by atoms with van der Waals surface area (Å²) in [6.07, 6.45) is -0.234. The number of urea groups is 1. The van der Waals surface area contributed by atoms with E-state index in [1.54, 1.807) is 0 Å². The molecule has 130 valence electrons. The lowest BCUT2D eigenvalue weighted by molar-refractivity contribution is -0.173. The first-order valence-electron chi connectivity index (χ1n) is 7.71. The van der Waals surface area contributed by atoms with Gasteiger partial charge in [0.25, 0.3) is 6.43 Å². The zero-order valence-corrected chi connectivity index (χ0v) is 12.9. The number of hydrogen-bond acceptors (Lipinski definition) is 2. The van der Waals surface area contributed by atoms with Crippen molar-refractivity contribution in [2.75, 3.05) is 6.54 Å². The highest BCUT2D eigenvalue weighted by atomic mass is 19.3. The number of nitrogens with zero attached hydrogens (tertiary/aromatic N) is 1. The summed E-state index contributed by atoms with van der Waals surface area (Å²) in [4.78, 5) is 24.7. The van der Waals surface area contributed by atoms with Crippen molar-refractivity contribution in [3.8, 4) is 0 Å². The summed E-state index contributed by atoms with van der Waals surface area (Å²) in [6, 6.07) is 2.29. The normalized spacial score (nSPS) is 24.1. The molecule has 0 saturated heterocycles. The lowest BCUT2D eigenvalue weighted by atomic mass is 9.49. The Morgan fingerprint density at radius 1 is 1.33 bits per heavy atom. The molecule has 1 aromatic carbocycles. The fraction of sp³-hybridized carbons (Fsp3) is 0.500. The highest BCUT2D eigenvalue weighted by Crippen LogP contribution is 2.60. The molecule has 0 heterocycles. The van der Waals surface area contributed by atoms with Gasteiger partial charge in [0.1, 0.15) is 5.82 Å². The van der Waals surface area contributed by atoms with Crippen LogP contribution in [0.1, 0.15) is 36.8 Å². The average molecular weight is 341 g/mol. The maximum Gasteiger partial charge on any atom is 0.312 e. The van der Waals surface area contributed by atoms with Gasteiger partial charge in [-0.25, -0.2) is 18.0 Å². The lowest BCUT2D eigenvalue weighted by Crippen LogP contribution is -2.70. The third kappa shape index (κ3) is 2.92. The fourth-order valence-electron chi connectivity index (χ4n) is 3.56. The maximum absolute atomic E-state index is 14.0. The number of benzene rings is 1. The van der Waals surface area contributed by atoms with Crippen LogP contribution >= 0.6 is 0 Å². The van der Waals surface area contributed by atoms with Gasteiger partial charge in [-0.2, -0.15) is 0 Å². The molecule has 3 amide bonds. The molecule has 24 heavy (non-hydrogen) atoms. The Kier molecular flexibility index (Phi) is 4.15. The highest BCUT2D eigenvalue weighted by Gasteiger charge is 2.61. The molecule has 0 aromatic heterocycles. The van der Waals surface area contributed by atoms with E-state index in [2.05, 4.69) is 5.32 Å². The van der Waals surface area contributed by atoms with Crippen molar-refractivity contribution < 1.29 is 22.8 Å². The Bertz CT molecular complexity index is 664. The molecular formula is C16H18F3N3O2. The number of alkyl halides is 2. The molecule has 0 unspecified atom stereocenters. The Balaban J connectivity index is 1.80. The first-order valence-corrected chi connectivity index (χ1v) is 7.71. The van der Waals surface area contributed by atoms with Crippen LogP contribution in [-0.4, -0.2) is 28.9 Å². The Morgan fingerprint density at radius 3 is 2.50 bits per heavy atom. The first kappa shape index (κ1) is 16.6.